The number of nitrogens with one attached hydrogen (secondary N) is 1. The number of benzene rings is 1. The van der Waals surface area contributed by atoms with Crippen LogP contribution in [0.1, 0.15) is 19.4 Å². The molecule has 16 heavy (non-hydrogen) atoms. The van der Waals surface area contributed by atoms with Gasteiger partial charge in [-0.3, -0.25) is 0 Å². The van der Waals surface area contributed by atoms with E-state index in [0.29, 0.717) is 11.7 Å². The number of hydrogen-bond acceptors (Lipinski definition) is 3. The van der Waals surface area contributed by atoms with Crippen molar-refractivity contribution in [2.75, 3.05) is 20.2 Å². The molecule has 0 unspecified atom stereocenters. The van der Waals surface area contributed by atoms with Crippen LogP contribution in [0, 0.1) is 5.92 Å². The predicted octanol–water partition coefficient (Wildman–Crippen LogP) is 2.19. The zero-order valence-corrected chi connectivity index (χ0v) is 10.3. The molecule has 1 aromatic rings. The molecule has 0 aliphatic heterocycles. The van der Waals surface area contributed by atoms with Crippen LogP contribution >= 0.6 is 0 Å². The Bertz CT molecular complexity index is 324. The van der Waals surface area contributed by atoms with Crippen LogP contribution in [0.5, 0.6) is 11.5 Å². The van der Waals surface area contributed by atoms with Crippen molar-refractivity contribution in [3.8, 4) is 11.5 Å². The van der Waals surface area contributed by atoms with Crippen LogP contribution in [0.4, 0.5) is 0 Å². The van der Waals surface area contributed by atoms with Gasteiger partial charge in [0, 0.05) is 0 Å². The highest BCUT2D eigenvalue weighted by Crippen LogP contribution is 2.26. The summed E-state index contributed by atoms with van der Waals surface area (Å²) in [5.41, 5.74) is 1.17. The molecule has 0 fully saturated rings. The lowest BCUT2D eigenvalue weighted by atomic mass is 10.1. The highest BCUT2D eigenvalue weighted by atomic mass is 16.5. The summed E-state index contributed by atoms with van der Waals surface area (Å²) < 4.78 is 5.06. The van der Waals surface area contributed by atoms with Gasteiger partial charge in [0.25, 0.3) is 0 Å². The third-order valence-electron chi connectivity index (χ3n) is 2.39. The van der Waals surface area contributed by atoms with E-state index in [-0.39, 0.29) is 5.75 Å². The third kappa shape index (κ3) is 4.11. The Morgan fingerprint density at radius 3 is 2.75 bits per heavy atom. The van der Waals surface area contributed by atoms with Crippen molar-refractivity contribution in [1.82, 2.24) is 5.32 Å². The van der Waals surface area contributed by atoms with Gasteiger partial charge in [-0.15, -0.1) is 0 Å². The minimum absolute atomic E-state index is 0.196. The largest absolute Gasteiger partial charge is 0.504 e. The van der Waals surface area contributed by atoms with Crippen molar-refractivity contribution in [3.05, 3.63) is 23.8 Å². The van der Waals surface area contributed by atoms with E-state index >= 15 is 0 Å². The summed E-state index contributed by atoms with van der Waals surface area (Å²) in [4.78, 5) is 0. The Morgan fingerprint density at radius 1 is 1.38 bits per heavy atom. The summed E-state index contributed by atoms with van der Waals surface area (Å²) in [7, 11) is 1.57. The molecule has 0 aromatic heterocycles. The minimum Gasteiger partial charge on any atom is -0.504 e. The molecule has 3 heteroatoms. The predicted molar refractivity (Wildman–Crippen MR) is 66.1 cm³/mol. The lowest BCUT2D eigenvalue weighted by molar-refractivity contribution is 0.373. The van der Waals surface area contributed by atoms with E-state index in [0.717, 1.165) is 19.5 Å². The van der Waals surface area contributed by atoms with Gasteiger partial charge in [0.15, 0.2) is 11.5 Å². The number of methoxy groups -OCH3 is 1. The molecule has 0 amide bonds. The second-order valence-electron chi connectivity index (χ2n) is 4.35. The standard InChI is InChI=1S/C13H21NO2/c1-10(2)9-14-7-6-11-4-5-12(15)13(8-11)16-3/h4-5,8,10,14-15H,6-7,9H2,1-3H3. The van der Waals surface area contributed by atoms with Crippen molar-refractivity contribution in [3.63, 3.8) is 0 Å². The lowest BCUT2D eigenvalue weighted by Gasteiger charge is -2.09. The molecule has 0 aliphatic rings. The van der Waals surface area contributed by atoms with Crippen LogP contribution in [0.2, 0.25) is 0 Å². The minimum atomic E-state index is 0.196. The molecule has 1 rings (SSSR count). The summed E-state index contributed by atoms with van der Waals surface area (Å²) in [6.45, 7) is 6.37. The molecule has 0 radical (unpaired) electrons. The van der Waals surface area contributed by atoms with Gasteiger partial charge in [-0.25, -0.2) is 0 Å². The molecule has 0 atom stereocenters. The lowest BCUT2D eigenvalue weighted by Crippen LogP contribution is -2.22. The molecule has 0 aliphatic carbocycles. The van der Waals surface area contributed by atoms with Gasteiger partial charge >= 0.3 is 0 Å². The van der Waals surface area contributed by atoms with Crippen molar-refractivity contribution in [1.29, 1.82) is 0 Å². The number of phenolic OH excluding ortho intramolecular Hbond substituents is 1. The second kappa shape index (κ2) is 6.38. The molecule has 0 spiro atoms. The first-order chi connectivity index (χ1) is 7.63. The topological polar surface area (TPSA) is 41.5 Å². The molecular weight excluding hydrogens is 202 g/mol. The van der Waals surface area contributed by atoms with E-state index in [1.165, 1.54) is 5.56 Å². The van der Waals surface area contributed by atoms with E-state index in [2.05, 4.69) is 19.2 Å². The van der Waals surface area contributed by atoms with Gasteiger partial charge in [0.05, 0.1) is 7.11 Å². The summed E-state index contributed by atoms with van der Waals surface area (Å²) >= 11 is 0. The monoisotopic (exact) mass is 223 g/mol. The first kappa shape index (κ1) is 12.8. The quantitative estimate of drug-likeness (QED) is 0.726. The van der Waals surface area contributed by atoms with E-state index < -0.39 is 0 Å². The molecule has 0 bridgehead atoms. The molecule has 3 nitrogen and oxygen atoms in total. The zero-order valence-electron chi connectivity index (χ0n) is 10.3. The van der Waals surface area contributed by atoms with E-state index in [1.54, 1.807) is 13.2 Å². The first-order valence-electron chi connectivity index (χ1n) is 5.70. The highest BCUT2D eigenvalue weighted by molar-refractivity contribution is 5.41. The Labute approximate surface area is 97.4 Å². The maximum absolute atomic E-state index is 9.44. The molecule has 90 valence electrons. The average Bonchev–Trinajstić information content (AvgIpc) is 2.26. The maximum Gasteiger partial charge on any atom is 0.160 e. The number of hydrogen-bond donors (Lipinski definition) is 2. The number of phenols is 1. The third-order valence-corrected chi connectivity index (χ3v) is 2.39. The number of ether oxygens (including phenoxy) is 1. The SMILES string of the molecule is COc1cc(CCNCC(C)C)ccc1O. The van der Waals surface area contributed by atoms with Crippen molar-refractivity contribution < 1.29 is 9.84 Å². The number of rotatable bonds is 6. The maximum atomic E-state index is 9.44. The first-order valence-corrected chi connectivity index (χ1v) is 5.70. The fourth-order valence-corrected chi connectivity index (χ4v) is 1.50. The van der Waals surface area contributed by atoms with Gasteiger partial charge in [0.2, 0.25) is 0 Å². The number of aromatic hydroxyl groups is 1. The average molecular weight is 223 g/mol. The zero-order chi connectivity index (χ0) is 12.0. The van der Waals surface area contributed by atoms with Gasteiger partial charge in [-0.2, -0.15) is 0 Å². The van der Waals surface area contributed by atoms with Crippen molar-refractivity contribution in [2.24, 2.45) is 5.92 Å². The smallest absolute Gasteiger partial charge is 0.160 e. The summed E-state index contributed by atoms with van der Waals surface area (Å²) in [5, 5.41) is 12.8. The molecule has 0 heterocycles. The van der Waals surface area contributed by atoms with Gasteiger partial charge in [0.1, 0.15) is 0 Å². The summed E-state index contributed by atoms with van der Waals surface area (Å²) in [6, 6.07) is 5.48. The second-order valence-corrected chi connectivity index (χ2v) is 4.35. The van der Waals surface area contributed by atoms with Crippen LogP contribution in [0.15, 0.2) is 18.2 Å². The fraction of sp³-hybridized carbons (Fsp3) is 0.538. The van der Waals surface area contributed by atoms with Crippen LogP contribution < -0.4 is 10.1 Å². The molecule has 1 aromatic carbocycles. The summed E-state index contributed by atoms with van der Waals surface area (Å²) in [6.07, 6.45) is 0.948. The summed E-state index contributed by atoms with van der Waals surface area (Å²) in [5.74, 6) is 1.41. The molecule has 2 N–H and O–H groups in total. The van der Waals surface area contributed by atoms with Crippen LogP contribution in [-0.2, 0) is 6.42 Å². The highest BCUT2D eigenvalue weighted by Gasteiger charge is 2.02. The van der Waals surface area contributed by atoms with Crippen LogP contribution in [0.3, 0.4) is 0 Å². The van der Waals surface area contributed by atoms with Gasteiger partial charge in [-0.05, 0) is 43.1 Å². The Hall–Kier alpha value is -1.22. The Morgan fingerprint density at radius 2 is 2.12 bits per heavy atom. The molecule has 0 saturated carbocycles. The Balaban J connectivity index is 2.42. The van der Waals surface area contributed by atoms with Gasteiger partial charge in [-0.1, -0.05) is 19.9 Å². The van der Waals surface area contributed by atoms with E-state index in [4.69, 9.17) is 4.74 Å². The van der Waals surface area contributed by atoms with Crippen molar-refractivity contribution in [2.45, 2.75) is 20.3 Å². The van der Waals surface area contributed by atoms with Crippen molar-refractivity contribution >= 4 is 0 Å². The van der Waals surface area contributed by atoms with E-state index in [1.807, 2.05) is 12.1 Å². The Kier molecular flexibility index (Phi) is 5.12. The van der Waals surface area contributed by atoms with Crippen LogP contribution in [0.25, 0.3) is 0 Å². The van der Waals surface area contributed by atoms with Gasteiger partial charge < -0.3 is 15.2 Å². The molecular formula is C13H21NO2. The normalized spacial score (nSPS) is 10.8. The molecule has 0 saturated heterocycles. The van der Waals surface area contributed by atoms with E-state index in [9.17, 15) is 5.11 Å². The fourth-order valence-electron chi connectivity index (χ4n) is 1.50. The van der Waals surface area contributed by atoms with Crippen LogP contribution in [-0.4, -0.2) is 25.3 Å².